The van der Waals surface area contributed by atoms with Gasteiger partial charge < -0.3 is 4.55 Å². The maximum atomic E-state index is 11.5. The van der Waals surface area contributed by atoms with Crippen LogP contribution in [0, 0.1) is 0 Å². The van der Waals surface area contributed by atoms with Crippen LogP contribution in [0.2, 0.25) is 0 Å². The van der Waals surface area contributed by atoms with E-state index in [1.807, 2.05) is 25.1 Å². The minimum Gasteiger partial charge on any atom is -0.591 e. The van der Waals surface area contributed by atoms with Gasteiger partial charge in [0.2, 0.25) is 0 Å². The van der Waals surface area contributed by atoms with Crippen LogP contribution in [0.4, 0.5) is 0 Å². The highest BCUT2D eigenvalue weighted by Gasteiger charge is 2.06. The summed E-state index contributed by atoms with van der Waals surface area (Å²) in [7, 11) is 0. The number of hydrogen-bond donors (Lipinski definition) is 0. The molecule has 0 radical (unpaired) electrons. The molecule has 1 aromatic heterocycles. The summed E-state index contributed by atoms with van der Waals surface area (Å²) in [5.41, 5.74) is 1.53. The van der Waals surface area contributed by atoms with Crippen LogP contribution in [-0.4, -0.2) is 21.0 Å². The summed E-state index contributed by atoms with van der Waals surface area (Å²) in [6.07, 6.45) is 3.71. The van der Waals surface area contributed by atoms with E-state index in [0.717, 1.165) is 24.2 Å². The van der Waals surface area contributed by atoms with Crippen molar-refractivity contribution < 1.29 is 4.55 Å². The average molecular weight is 224 g/mol. The van der Waals surface area contributed by atoms with Gasteiger partial charge in [0.25, 0.3) is 0 Å². The lowest BCUT2D eigenvalue weighted by Gasteiger charge is -2.04. The number of hydrogen-bond acceptors (Lipinski definition) is 3. The molecule has 1 atom stereocenters. The second-order valence-electron chi connectivity index (χ2n) is 3.27. The fourth-order valence-electron chi connectivity index (χ4n) is 1.09. The topological polar surface area (TPSA) is 48.3 Å². The third-order valence-electron chi connectivity index (χ3n) is 1.95. The van der Waals surface area contributed by atoms with Gasteiger partial charge in [-0.15, -0.1) is 0 Å². The van der Waals surface area contributed by atoms with Gasteiger partial charge in [0.1, 0.15) is 11.5 Å². The van der Waals surface area contributed by atoms with Gasteiger partial charge in [0.15, 0.2) is 0 Å². The SMILES string of the molecule is CCCC[S+]([O-])N=C(C)c1ccccn1. The van der Waals surface area contributed by atoms with E-state index in [2.05, 4.69) is 16.3 Å². The molecule has 0 aliphatic rings. The summed E-state index contributed by atoms with van der Waals surface area (Å²) in [6, 6.07) is 5.62. The Labute approximate surface area is 94.0 Å². The van der Waals surface area contributed by atoms with Gasteiger partial charge in [-0.1, -0.05) is 23.8 Å². The largest absolute Gasteiger partial charge is 0.591 e. The van der Waals surface area contributed by atoms with Crippen molar-refractivity contribution in [3.63, 3.8) is 0 Å². The van der Waals surface area contributed by atoms with Crippen LogP contribution < -0.4 is 0 Å². The molecule has 3 nitrogen and oxygen atoms in total. The molecule has 0 aromatic carbocycles. The third kappa shape index (κ3) is 4.44. The summed E-state index contributed by atoms with van der Waals surface area (Å²) in [6.45, 7) is 3.92. The van der Waals surface area contributed by atoms with Crippen molar-refractivity contribution in [2.45, 2.75) is 26.7 Å². The van der Waals surface area contributed by atoms with Crippen LogP contribution in [0.5, 0.6) is 0 Å². The number of aromatic nitrogens is 1. The first-order chi connectivity index (χ1) is 7.24. The lowest BCUT2D eigenvalue weighted by atomic mass is 10.3. The minimum atomic E-state index is -1.10. The van der Waals surface area contributed by atoms with Crippen LogP contribution in [0.3, 0.4) is 0 Å². The average Bonchev–Trinajstić information content (AvgIpc) is 2.27. The predicted octanol–water partition coefficient (Wildman–Crippen LogP) is 2.35. The molecule has 0 bridgehead atoms. The number of rotatable bonds is 5. The first-order valence-corrected chi connectivity index (χ1v) is 6.36. The van der Waals surface area contributed by atoms with Gasteiger partial charge >= 0.3 is 0 Å². The van der Waals surface area contributed by atoms with Crippen LogP contribution >= 0.6 is 0 Å². The van der Waals surface area contributed by atoms with E-state index in [1.54, 1.807) is 6.20 Å². The van der Waals surface area contributed by atoms with E-state index >= 15 is 0 Å². The molecule has 0 aliphatic heterocycles. The van der Waals surface area contributed by atoms with Crippen LogP contribution in [0.1, 0.15) is 32.4 Å². The van der Waals surface area contributed by atoms with Crippen molar-refractivity contribution in [1.29, 1.82) is 0 Å². The summed E-state index contributed by atoms with van der Waals surface area (Å²) in [4.78, 5) is 4.15. The van der Waals surface area contributed by atoms with Crippen LogP contribution in [-0.2, 0) is 11.4 Å². The molecule has 0 amide bonds. The zero-order chi connectivity index (χ0) is 11.1. The number of nitrogens with zero attached hydrogens (tertiary/aromatic N) is 2. The van der Waals surface area contributed by atoms with Gasteiger partial charge in [-0.05, 0) is 25.5 Å². The molecule has 1 rings (SSSR count). The molecule has 4 heteroatoms. The van der Waals surface area contributed by atoms with Crippen LogP contribution in [0.15, 0.2) is 28.8 Å². The highest BCUT2D eigenvalue weighted by Crippen LogP contribution is 2.03. The van der Waals surface area contributed by atoms with Crippen molar-refractivity contribution in [2.24, 2.45) is 4.40 Å². The molecular formula is C11H16N2OS. The fourth-order valence-corrected chi connectivity index (χ4v) is 2.12. The smallest absolute Gasteiger partial charge is 0.133 e. The monoisotopic (exact) mass is 224 g/mol. The first-order valence-electron chi connectivity index (χ1n) is 5.09. The molecule has 15 heavy (non-hydrogen) atoms. The Hall–Kier alpha value is -0.870. The molecule has 82 valence electrons. The molecule has 0 saturated carbocycles. The van der Waals surface area contributed by atoms with Gasteiger partial charge in [0.05, 0.1) is 17.1 Å². The third-order valence-corrected chi connectivity index (χ3v) is 3.06. The normalized spacial score (nSPS) is 13.9. The number of pyridine rings is 1. The van der Waals surface area contributed by atoms with Gasteiger partial charge in [-0.3, -0.25) is 4.98 Å². The standard InChI is InChI=1S/C11H16N2OS/c1-3-4-9-15(14)13-10(2)11-7-5-6-8-12-11/h5-8H,3-4,9H2,1-2H3. The van der Waals surface area contributed by atoms with Gasteiger partial charge in [0, 0.05) is 6.20 Å². The zero-order valence-corrected chi connectivity index (χ0v) is 9.96. The second-order valence-corrected chi connectivity index (χ2v) is 4.50. The summed E-state index contributed by atoms with van der Waals surface area (Å²) in [5.74, 6) is 0.640. The van der Waals surface area contributed by atoms with Gasteiger partial charge in [-0.2, -0.15) is 0 Å². The molecule has 0 aliphatic carbocycles. The molecule has 0 saturated heterocycles. The summed E-state index contributed by atoms with van der Waals surface area (Å²) in [5, 5.41) is 0. The maximum Gasteiger partial charge on any atom is 0.133 e. The van der Waals surface area contributed by atoms with Crippen LogP contribution in [0.25, 0.3) is 0 Å². The quantitative estimate of drug-likeness (QED) is 0.569. The summed E-state index contributed by atoms with van der Waals surface area (Å²) >= 11 is -1.10. The fraction of sp³-hybridized carbons (Fsp3) is 0.455. The van der Waals surface area contributed by atoms with Crippen molar-refractivity contribution >= 4 is 17.1 Å². The Kier molecular flexibility index (Phi) is 5.36. The van der Waals surface area contributed by atoms with Gasteiger partial charge in [-0.25, -0.2) is 0 Å². The molecule has 1 aromatic rings. The molecular weight excluding hydrogens is 208 g/mol. The van der Waals surface area contributed by atoms with E-state index in [9.17, 15) is 4.55 Å². The zero-order valence-electron chi connectivity index (χ0n) is 9.14. The highest BCUT2D eigenvalue weighted by molar-refractivity contribution is 7.90. The Balaban J connectivity index is 2.59. The Morgan fingerprint density at radius 1 is 1.53 bits per heavy atom. The molecule has 1 heterocycles. The lowest BCUT2D eigenvalue weighted by Crippen LogP contribution is -2.07. The van der Waals surface area contributed by atoms with Crippen molar-refractivity contribution in [3.05, 3.63) is 30.1 Å². The Morgan fingerprint density at radius 3 is 2.93 bits per heavy atom. The van der Waals surface area contributed by atoms with E-state index in [1.165, 1.54) is 0 Å². The molecule has 0 spiro atoms. The van der Waals surface area contributed by atoms with Crippen molar-refractivity contribution in [3.8, 4) is 0 Å². The Morgan fingerprint density at radius 2 is 2.33 bits per heavy atom. The first kappa shape index (κ1) is 12.2. The molecule has 0 N–H and O–H groups in total. The molecule has 1 unspecified atom stereocenters. The predicted molar refractivity (Wildman–Crippen MR) is 64.4 cm³/mol. The van der Waals surface area contributed by atoms with Crippen molar-refractivity contribution in [2.75, 3.05) is 5.75 Å². The van der Waals surface area contributed by atoms with E-state index < -0.39 is 11.4 Å². The van der Waals surface area contributed by atoms with E-state index in [4.69, 9.17) is 0 Å². The summed E-state index contributed by atoms with van der Waals surface area (Å²) < 4.78 is 15.6. The molecule has 0 fully saturated rings. The minimum absolute atomic E-state index is 0.640. The maximum absolute atomic E-state index is 11.5. The van der Waals surface area contributed by atoms with E-state index in [0.29, 0.717) is 5.75 Å². The lowest BCUT2D eigenvalue weighted by molar-refractivity contribution is 0.593. The Bertz CT molecular complexity index is 314. The van der Waals surface area contributed by atoms with Crippen molar-refractivity contribution in [1.82, 2.24) is 4.98 Å². The highest BCUT2D eigenvalue weighted by atomic mass is 32.2. The van der Waals surface area contributed by atoms with E-state index in [-0.39, 0.29) is 0 Å². The second kappa shape index (κ2) is 6.58. The number of unbranched alkanes of at least 4 members (excludes halogenated alkanes) is 1.